The zero-order valence-electron chi connectivity index (χ0n) is 16.6. The molecule has 144 valence electrons. The number of carbonyl (C=O) groups is 1. The fourth-order valence-electron chi connectivity index (χ4n) is 3.79. The molecule has 0 spiro atoms. The van der Waals surface area contributed by atoms with E-state index in [2.05, 4.69) is 23.1 Å². The van der Waals surface area contributed by atoms with E-state index in [0.717, 1.165) is 31.6 Å². The van der Waals surface area contributed by atoms with Gasteiger partial charge in [0.15, 0.2) is 0 Å². The maximum Gasteiger partial charge on any atom is 0.270 e. The third-order valence-electron chi connectivity index (χ3n) is 5.44. The number of aromatic nitrogens is 2. The van der Waals surface area contributed by atoms with E-state index in [9.17, 15) is 4.79 Å². The molecule has 0 unspecified atom stereocenters. The van der Waals surface area contributed by atoms with Crippen molar-refractivity contribution in [3.63, 3.8) is 0 Å². The Bertz CT molecular complexity index is 518. The van der Waals surface area contributed by atoms with Crippen molar-refractivity contribution in [2.75, 3.05) is 6.54 Å². The first-order chi connectivity index (χ1) is 12.8. The highest BCUT2D eigenvalue weighted by Gasteiger charge is 2.20. The molecule has 0 aliphatic heterocycles. The van der Waals surface area contributed by atoms with Crippen LogP contribution in [0.1, 0.15) is 106 Å². The van der Waals surface area contributed by atoms with Crippen LogP contribution in [0, 0.1) is 0 Å². The summed E-state index contributed by atoms with van der Waals surface area (Å²) in [6, 6.07) is 1.73. The molecule has 1 aliphatic carbocycles. The lowest BCUT2D eigenvalue weighted by atomic mass is 9.98. The Morgan fingerprint density at radius 2 is 1.62 bits per heavy atom. The smallest absolute Gasteiger partial charge is 0.270 e. The van der Waals surface area contributed by atoms with E-state index in [-0.39, 0.29) is 5.91 Å². The molecule has 1 N–H and O–H groups in total. The lowest BCUT2D eigenvalue weighted by Gasteiger charge is -2.09. The summed E-state index contributed by atoms with van der Waals surface area (Å²) < 4.78 is 0. The van der Waals surface area contributed by atoms with Crippen molar-refractivity contribution in [3.8, 4) is 0 Å². The average molecular weight is 357 g/mol. The summed E-state index contributed by atoms with van der Waals surface area (Å²) in [5.74, 6) is 1.25. The number of hydrogen-bond donors (Lipinski definition) is 1. The van der Waals surface area contributed by atoms with Crippen LogP contribution in [0.2, 0.25) is 6.32 Å². The molecule has 1 saturated carbocycles. The molecule has 1 aromatic rings. The monoisotopic (exact) mass is 357 g/mol. The van der Waals surface area contributed by atoms with Crippen LogP contribution >= 0.6 is 0 Å². The van der Waals surface area contributed by atoms with Gasteiger partial charge in [0.1, 0.15) is 19.4 Å². The van der Waals surface area contributed by atoms with Gasteiger partial charge in [0, 0.05) is 18.7 Å². The fourth-order valence-corrected chi connectivity index (χ4v) is 3.79. The Morgan fingerprint density at radius 1 is 1.00 bits per heavy atom. The number of nitrogens with zero attached hydrogens (tertiary/aromatic N) is 2. The zero-order valence-corrected chi connectivity index (χ0v) is 16.6. The minimum Gasteiger partial charge on any atom is -0.351 e. The van der Waals surface area contributed by atoms with E-state index in [1.807, 2.05) is 0 Å². The van der Waals surface area contributed by atoms with Crippen LogP contribution in [-0.4, -0.2) is 30.3 Å². The molecule has 0 atom stereocenters. The third kappa shape index (κ3) is 7.88. The van der Waals surface area contributed by atoms with E-state index in [0.29, 0.717) is 11.6 Å². The minimum absolute atomic E-state index is 0.0532. The van der Waals surface area contributed by atoms with Gasteiger partial charge in [-0.25, -0.2) is 9.97 Å². The van der Waals surface area contributed by atoms with Crippen LogP contribution in [0.5, 0.6) is 0 Å². The summed E-state index contributed by atoms with van der Waals surface area (Å²) in [5.41, 5.74) is 0.522. The predicted octanol–water partition coefficient (Wildman–Crippen LogP) is 4.43. The van der Waals surface area contributed by atoms with Gasteiger partial charge < -0.3 is 5.32 Å². The van der Waals surface area contributed by atoms with Gasteiger partial charge in [-0.1, -0.05) is 70.5 Å². The van der Waals surface area contributed by atoms with E-state index >= 15 is 0 Å². The van der Waals surface area contributed by atoms with Crippen molar-refractivity contribution in [1.29, 1.82) is 0 Å². The number of carbonyl (C=O) groups excluding carboxylic acids is 1. The van der Waals surface area contributed by atoms with Crippen molar-refractivity contribution in [3.05, 3.63) is 23.8 Å². The molecule has 0 aromatic carbocycles. The lowest BCUT2D eigenvalue weighted by Crippen LogP contribution is -2.26. The van der Waals surface area contributed by atoms with Gasteiger partial charge >= 0.3 is 0 Å². The highest BCUT2D eigenvalue weighted by atomic mass is 16.1. The molecule has 2 rings (SSSR count). The largest absolute Gasteiger partial charge is 0.351 e. The average Bonchev–Trinajstić information content (AvgIpc) is 3.21. The van der Waals surface area contributed by atoms with Crippen LogP contribution in [0.15, 0.2) is 12.3 Å². The second kappa shape index (κ2) is 12.9. The molecule has 1 aliphatic rings. The van der Waals surface area contributed by atoms with Gasteiger partial charge in [-0.2, -0.15) is 0 Å². The summed E-state index contributed by atoms with van der Waals surface area (Å²) in [5, 5.41) is 3.01. The number of amides is 1. The quantitative estimate of drug-likeness (QED) is 0.420. The normalized spacial score (nSPS) is 14.6. The van der Waals surface area contributed by atoms with Crippen molar-refractivity contribution in [2.24, 2.45) is 0 Å². The van der Waals surface area contributed by atoms with Crippen molar-refractivity contribution >= 4 is 13.8 Å². The van der Waals surface area contributed by atoms with E-state index in [1.165, 1.54) is 70.5 Å². The molecular formula is C21H36BN3O. The van der Waals surface area contributed by atoms with E-state index in [4.69, 9.17) is 0 Å². The molecule has 0 bridgehead atoms. The first-order valence-corrected chi connectivity index (χ1v) is 10.9. The molecule has 26 heavy (non-hydrogen) atoms. The third-order valence-corrected chi connectivity index (χ3v) is 5.44. The zero-order chi connectivity index (χ0) is 18.5. The van der Waals surface area contributed by atoms with Gasteiger partial charge in [-0.3, -0.25) is 4.79 Å². The van der Waals surface area contributed by atoms with Crippen molar-refractivity contribution in [2.45, 2.75) is 95.7 Å². The summed E-state index contributed by atoms with van der Waals surface area (Å²) in [6.07, 6.45) is 19.7. The Kier molecular flexibility index (Phi) is 10.4. The Hall–Kier alpha value is -1.39. The maximum atomic E-state index is 12.3. The first kappa shape index (κ1) is 20.9. The van der Waals surface area contributed by atoms with Crippen molar-refractivity contribution < 1.29 is 4.79 Å². The Morgan fingerprint density at radius 3 is 2.27 bits per heavy atom. The summed E-state index contributed by atoms with van der Waals surface area (Å²) in [6.45, 7) is 0.748. The molecule has 0 saturated heterocycles. The van der Waals surface area contributed by atoms with Crippen LogP contribution in [-0.2, 0) is 0 Å². The van der Waals surface area contributed by atoms with E-state index in [1.54, 1.807) is 12.3 Å². The molecule has 1 aromatic heterocycles. The standard InChI is InChI=1S/C21H36BN3O/c22-15-10-6-4-2-1-3-5-7-11-16-24-21(26)19-14-17-23-20(25-19)18-12-8-9-13-18/h14,17-18H,1-13,15-16,22H2,(H,24,26). The molecule has 0 radical (unpaired) electrons. The summed E-state index contributed by atoms with van der Waals surface area (Å²) >= 11 is 0. The van der Waals surface area contributed by atoms with Gasteiger partial charge in [0.25, 0.3) is 5.91 Å². The van der Waals surface area contributed by atoms with Crippen LogP contribution < -0.4 is 5.32 Å². The minimum atomic E-state index is -0.0532. The second-order valence-electron chi connectivity index (χ2n) is 7.72. The lowest BCUT2D eigenvalue weighted by molar-refractivity contribution is 0.0947. The molecular weight excluding hydrogens is 321 g/mol. The summed E-state index contributed by atoms with van der Waals surface area (Å²) in [7, 11) is 2.26. The first-order valence-electron chi connectivity index (χ1n) is 10.9. The van der Waals surface area contributed by atoms with Gasteiger partial charge in [-0.05, 0) is 25.3 Å². The molecule has 4 nitrogen and oxygen atoms in total. The molecule has 1 amide bonds. The topological polar surface area (TPSA) is 54.9 Å². The highest BCUT2D eigenvalue weighted by Crippen LogP contribution is 2.31. The van der Waals surface area contributed by atoms with E-state index < -0.39 is 0 Å². The van der Waals surface area contributed by atoms with Gasteiger partial charge in [0.05, 0.1) is 0 Å². The number of nitrogens with one attached hydrogen (secondary N) is 1. The van der Waals surface area contributed by atoms with Crippen molar-refractivity contribution in [1.82, 2.24) is 15.3 Å². The Balaban J connectivity index is 1.53. The molecule has 1 fully saturated rings. The predicted molar refractivity (Wildman–Crippen MR) is 110 cm³/mol. The fraction of sp³-hybridized carbons (Fsp3) is 0.762. The van der Waals surface area contributed by atoms with Crippen LogP contribution in [0.3, 0.4) is 0 Å². The maximum absolute atomic E-state index is 12.3. The summed E-state index contributed by atoms with van der Waals surface area (Å²) in [4.78, 5) is 21.1. The Labute approximate surface area is 160 Å². The SMILES string of the molecule is BCCCCCCCCCCCNC(=O)c1ccnc(C2CCCC2)n1. The number of hydrogen-bond acceptors (Lipinski definition) is 3. The van der Waals surface area contributed by atoms with Gasteiger partial charge in [0.2, 0.25) is 0 Å². The van der Waals surface area contributed by atoms with Crippen LogP contribution in [0.25, 0.3) is 0 Å². The van der Waals surface area contributed by atoms with Gasteiger partial charge in [-0.15, -0.1) is 0 Å². The van der Waals surface area contributed by atoms with Crippen LogP contribution in [0.4, 0.5) is 0 Å². The molecule has 1 heterocycles. The number of rotatable bonds is 13. The second-order valence-corrected chi connectivity index (χ2v) is 7.72. The highest BCUT2D eigenvalue weighted by molar-refractivity contribution is 6.08. The number of unbranched alkanes of at least 4 members (excludes halogenated alkanes) is 8. The molecule has 5 heteroatoms.